The van der Waals surface area contributed by atoms with E-state index in [4.69, 9.17) is 23.2 Å². The molecular formula is C22H26Cl2N3O2+. The molecule has 3 rings (SSSR count). The Morgan fingerprint density at radius 3 is 2.62 bits per heavy atom. The van der Waals surface area contributed by atoms with E-state index in [1.54, 1.807) is 17.0 Å². The molecule has 2 aromatic carbocycles. The maximum absolute atomic E-state index is 12.6. The maximum Gasteiger partial charge on any atom is 0.278 e. The summed E-state index contributed by atoms with van der Waals surface area (Å²) < 4.78 is 0.663. The maximum atomic E-state index is 12.6. The molecule has 1 saturated heterocycles. The number of benzene rings is 2. The number of hydrogen-bond acceptors (Lipinski definition) is 2. The number of amides is 2. The van der Waals surface area contributed by atoms with Gasteiger partial charge < -0.3 is 14.7 Å². The van der Waals surface area contributed by atoms with E-state index in [0.717, 1.165) is 18.7 Å². The third-order valence-electron chi connectivity index (χ3n) is 5.25. The van der Waals surface area contributed by atoms with Crippen LogP contribution in [0.1, 0.15) is 11.1 Å². The summed E-state index contributed by atoms with van der Waals surface area (Å²) in [5.74, 6) is -0.131. The summed E-state index contributed by atoms with van der Waals surface area (Å²) in [5.41, 5.74) is 2.15. The zero-order valence-corrected chi connectivity index (χ0v) is 18.0. The standard InChI is InChI=1S/C22H25Cl2N3O2/c1-27(15-17-5-3-2-4-6-17)12-11-26(22(29)16-27)14-21(28)25-10-9-18-7-8-19(23)13-20(18)24/h2-8,13H,9-12,14-16H2,1H3/p+1. The Bertz CT molecular complexity index is 876. The Morgan fingerprint density at radius 1 is 1.17 bits per heavy atom. The number of hydrogen-bond donors (Lipinski definition) is 1. The van der Waals surface area contributed by atoms with Crippen molar-refractivity contribution in [3.05, 3.63) is 69.7 Å². The normalized spacial score (nSPS) is 19.3. The summed E-state index contributed by atoms with van der Waals surface area (Å²) in [5, 5.41) is 4.05. The summed E-state index contributed by atoms with van der Waals surface area (Å²) >= 11 is 12.0. The van der Waals surface area contributed by atoms with E-state index in [2.05, 4.69) is 24.5 Å². The number of nitrogens with zero attached hydrogens (tertiary/aromatic N) is 2. The van der Waals surface area contributed by atoms with Gasteiger partial charge in [-0.05, 0) is 24.1 Å². The lowest BCUT2D eigenvalue weighted by Crippen LogP contribution is -2.60. The van der Waals surface area contributed by atoms with Gasteiger partial charge in [-0.15, -0.1) is 0 Å². The van der Waals surface area contributed by atoms with E-state index in [9.17, 15) is 9.59 Å². The van der Waals surface area contributed by atoms with Gasteiger partial charge in [0.25, 0.3) is 5.91 Å². The summed E-state index contributed by atoms with van der Waals surface area (Å²) in [4.78, 5) is 26.5. The molecule has 0 radical (unpaired) electrons. The number of rotatable bonds is 7. The number of nitrogens with one attached hydrogen (secondary N) is 1. The van der Waals surface area contributed by atoms with Crippen molar-refractivity contribution >= 4 is 35.0 Å². The second-order valence-corrected chi connectivity index (χ2v) is 8.64. The Labute approximate surface area is 181 Å². The van der Waals surface area contributed by atoms with Gasteiger partial charge in [0.05, 0.1) is 26.7 Å². The molecule has 154 valence electrons. The molecule has 7 heteroatoms. The fourth-order valence-corrected chi connectivity index (χ4v) is 4.11. The minimum Gasteiger partial charge on any atom is -0.354 e. The smallest absolute Gasteiger partial charge is 0.278 e. The molecule has 1 aliphatic heterocycles. The zero-order valence-electron chi connectivity index (χ0n) is 16.5. The van der Waals surface area contributed by atoms with E-state index >= 15 is 0 Å². The molecule has 0 aromatic heterocycles. The lowest BCUT2D eigenvalue weighted by atomic mass is 10.1. The molecule has 0 aliphatic carbocycles. The average Bonchev–Trinajstić information content (AvgIpc) is 2.66. The molecule has 1 heterocycles. The van der Waals surface area contributed by atoms with Crippen molar-refractivity contribution in [3.63, 3.8) is 0 Å². The van der Waals surface area contributed by atoms with Crippen molar-refractivity contribution in [1.29, 1.82) is 0 Å². The summed E-state index contributed by atoms with van der Waals surface area (Å²) in [7, 11) is 2.10. The SMILES string of the molecule is C[N+]1(Cc2ccccc2)CCN(CC(=O)NCCc2ccc(Cl)cc2Cl)C(=O)C1. The van der Waals surface area contributed by atoms with E-state index < -0.39 is 0 Å². The highest BCUT2D eigenvalue weighted by atomic mass is 35.5. The van der Waals surface area contributed by atoms with Crippen LogP contribution in [-0.4, -0.2) is 61.0 Å². The number of halogens is 2. The van der Waals surface area contributed by atoms with Crippen molar-refractivity contribution in [2.45, 2.75) is 13.0 Å². The van der Waals surface area contributed by atoms with Crippen LogP contribution >= 0.6 is 23.2 Å². The van der Waals surface area contributed by atoms with Crippen molar-refractivity contribution in [1.82, 2.24) is 10.2 Å². The van der Waals surface area contributed by atoms with E-state index in [-0.39, 0.29) is 18.4 Å². The van der Waals surface area contributed by atoms with Gasteiger partial charge in [-0.1, -0.05) is 59.6 Å². The van der Waals surface area contributed by atoms with Crippen LogP contribution in [-0.2, 0) is 22.6 Å². The predicted molar refractivity (Wildman–Crippen MR) is 116 cm³/mol. The first kappa shape index (κ1) is 21.6. The quantitative estimate of drug-likeness (QED) is 0.680. The number of carbonyl (C=O) groups excluding carboxylic acids is 2. The topological polar surface area (TPSA) is 49.4 Å². The molecule has 1 N–H and O–H groups in total. The van der Waals surface area contributed by atoms with Crippen molar-refractivity contribution < 1.29 is 14.1 Å². The molecule has 5 nitrogen and oxygen atoms in total. The zero-order chi connectivity index (χ0) is 20.9. The van der Waals surface area contributed by atoms with Crippen molar-refractivity contribution in [3.8, 4) is 0 Å². The van der Waals surface area contributed by atoms with Gasteiger partial charge in [0.2, 0.25) is 5.91 Å². The highest BCUT2D eigenvalue weighted by molar-refractivity contribution is 6.35. The van der Waals surface area contributed by atoms with Gasteiger partial charge in [-0.3, -0.25) is 9.59 Å². The molecule has 1 fully saturated rings. The molecule has 0 saturated carbocycles. The van der Waals surface area contributed by atoms with Gasteiger partial charge in [-0.25, -0.2) is 0 Å². The van der Waals surface area contributed by atoms with Crippen molar-refractivity contribution in [2.75, 3.05) is 39.8 Å². The number of carbonyl (C=O) groups is 2. The summed E-state index contributed by atoms with van der Waals surface area (Å²) in [6.07, 6.45) is 0.613. The van der Waals surface area contributed by atoms with Crippen LogP contribution in [0.4, 0.5) is 0 Å². The summed E-state index contributed by atoms with van der Waals surface area (Å²) in [6, 6.07) is 15.5. The predicted octanol–water partition coefficient (Wildman–Crippen LogP) is 3.14. The van der Waals surface area contributed by atoms with Gasteiger partial charge in [-0.2, -0.15) is 0 Å². The van der Waals surface area contributed by atoms with Crippen LogP contribution in [0, 0.1) is 0 Å². The first-order chi connectivity index (χ1) is 13.8. The highest BCUT2D eigenvalue weighted by Crippen LogP contribution is 2.21. The third-order valence-corrected chi connectivity index (χ3v) is 5.84. The molecule has 2 aromatic rings. The molecule has 1 aliphatic rings. The molecule has 29 heavy (non-hydrogen) atoms. The third kappa shape index (κ3) is 6.20. The lowest BCUT2D eigenvalue weighted by molar-refractivity contribution is -0.917. The first-order valence-corrected chi connectivity index (χ1v) is 10.5. The van der Waals surface area contributed by atoms with E-state index in [1.807, 2.05) is 24.3 Å². The number of likely N-dealkylation sites (N-methyl/N-ethyl adjacent to an activating group) is 1. The monoisotopic (exact) mass is 434 g/mol. The van der Waals surface area contributed by atoms with E-state index in [1.165, 1.54) is 5.56 Å². The minimum absolute atomic E-state index is 0.0191. The van der Waals surface area contributed by atoms with Gasteiger partial charge >= 0.3 is 0 Å². The molecule has 0 spiro atoms. The Hall–Kier alpha value is -2.08. The van der Waals surface area contributed by atoms with Gasteiger partial charge in [0.1, 0.15) is 6.54 Å². The Balaban J connectivity index is 1.45. The average molecular weight is 435 g/mol. The molecular weight excluding hydrogens is 409 g/mol. The Morgan fingerprint density at radius 2 is 1.93 bits per heavy atom. The first-order valence-electron chi connectivity index (χ1n) is 9.70. The van der Waals surface area contributed by atoms with Crippen LogP contribution in [0.3, 0.4) is 0 Å². The van der Waals surface area contributed by atoms with Crippen LogP contribution in [0.15, 0.2) is 48.5 Å². The second kappa shape index (κ2) is 9.61. The fraction of sp³-hybridized carbons (Fsp3) is 0.364. The molecule has 1 unspecified atom stereocenters. The lowest BCUT2D eigenvalue weighted by Gasteiger charge is -2.41. The molecule has 0 bridgehead atoms. The van der Waals surface area contributed by atoms with E-state index in [0.29, 0.717) is 40.6 Å². The largest absolute Gasteiger partial charge is 0.354 e. The summed E-state index contributed by atoms with van der Waals surface area (Å²) in [6.45, 7) is 3.19. The molecule has 1 atom stereocenters. The highest BCUT2D eigenvalue weighted by Gasteiger charge is 2.35. The molecule has 2 amide bonds. The van der Waals surface area contributed by atoms with Crippen LogP contribution in [0.2, 0.25) is 10.0 Å². The number of piperazine rings is 1. The minimum atomic E-state index is -0.150. The van der Waals surface area contributed by atoms with Gasteiger partial charge in [0, 0.05) is 22.2 Å². The van der Waals surface area contributed by atoms with Crippen LogP contribution in [0.25, 0.3) is 0 Å². The Kier molecular flexibility index (Phi) is 7.17. The van der Waals surface area contributed by atoms with Crippen LogP contribution < -0.4 is 5.32 Å². The second-order valence-electron chi connectivity index (χ2n) is 7.80. The fourth-order valence-electron chi connectivity index (χ4n) is 3.61. The van der Waals surface area contributed by atoms with Crippen molar-refractivity contribution in [2.24, 2.45) is 0 Å². The number of quaternary nitrogens is 1. The van der Waals surface area contributed by atoms with Crippen LogP contribution in [0.5, 0.6) is 0 Å². The van der Waals surface area contributed by atoms with Gasteiger partial charge in [0.15, 0.2) is 6.54 Å².